The predicted molar refractivity (Wildman–Crippen MR) is 102 cm³/mol. The largest absolute Gasteiger partial charge is 0.457 e. The molecule has 1 aromatic heterocycles. The van der Waals surface area contributed by atoms with Crippen molar-refractivity contribution < 1.29 is 9.21 Å². The molecule has 5 nitrogen and oxygen atoms in total. The summed E-state index contributed by atoms with van der Waals surface area (Å²) in [6.07, 6.45) is 1.46. The van der Waals surface area contributed by atoms with Gasteiger partial charge in [-0.05, 0) is 37.4 Å². The number of piperazine rings is 1. The second-order valence-electron chi connectivity index (χ2n) is 6.09. The molecule has 1 aliphatic heterocycles. The molecule has 1 amide bonds. The van der Waals surface area contributed by atoms with Crippen LogP contribution in [-0.4, -0.2) is 48.9 Å². The number of nitrogens with zero attached hydrogens (tertiary/aromatic N) is 3. The van der Waals surface area contributed by atoms with Crippen LogP contribution in [0, 0.1) is 11.3 Å². The van der Waals surface area contributed by atoms with E-state index in [1.165, 1.54) is 6.08 Å². The van der Waals surface area contributed by atoms with E-state index in [0.29, 0.717) is 40.2 Å². The molecule has 2 aromatic rings. The summed E-state index contributed by atoms with van der Waals surface area (Å²) in [4.78, 5) is 16.4. The lowest BCUT2D eigenvalue weighted by Gasteiger charge is -2.32. The molecule has 1 saturated heterocycles. The normalized spacial score (nSPS) is 15.8. The summed E-state index contributed by atoms with van der Waals surface area (Å²) in [5.74, 6) is 0.655. The first-order chi connectivity index (χ1) is 12.5. The van der Waals surface area contributed by atoms with Gasteiger partial charge in [-0.3, -0.25) is 4.79 Å². The molecule has 0 unspecified atom stereocenters. The van der Waals surface area contributed by atoms with Crippen molar-refractivity contribution in [2.45, 2.75) is 0 Å². The zero-order chi connectivity index (χ0) is 18.7. The van der Waals surface area contributed by atoms with E-state index in [2.05, 4.69) is 4.90 Å². The third-order valence-electron chi connectivity index (χ3n) is 4.25. The molecule has 0 aliphatic carbocycles. The van der Waals surface area contributed by atoms with E-state index in [0.717, 1.165) is 13.1 Å². The van der Waals surface area contributed by atoms with E-state index in [1.54, 1.807) is 35.2 Å². The van der Waals surface area contributed by atoms with Gasteiger partial charge >= 0.3 is 0 Å². The van der Waals surface area contributed by atoms with Gasteiger partial charge in [-0.25, -0.2) is 0 Å². The summed E-state index contributed by atoms with van der Waals surface area (Å²) in [6, 6.07) is 10.5. The molecule has 7 heteroatoms. The Kier molecular flexibility index (Phi) is 5.67. The summed E-state index contributed by atoms with van der Waals surface area (Å²) < 4.78 is 5.74. The van der Waals surface area contributed by atoms with Crippen molar-refractivity contribution in [3.8, 4) is 17.4 Å². The number of carbonyl (C=O) groups excluding carboxylic acids is 1. The Bertz CT molecular complexity index is 890. The third-order valence-corrected chi connectivity index (χ3v) is 4.81. The van der Waals surface area contributed by atoms with Crippen LogP contribution in [0.2, 0.25) is 10.0 Å². The quantitative estimate of drug-likeness (QED) is 0.589. The Morgan fingerprint density at radius 2 is 1.92 bits per heavy atom. The van der Waals surface area contributed by atoms with Gasteiger partial charge in [0.05, 0.1) is 5.02 Å². The van der Waals surface area contributed by atoms with Gasteiger partial charge < -0.3 is 14.2 Å². The minimum atomic E-state index is -0.278. The molecule has 0 N–H and O–H groups in total. The number of halogens is 2. The second-order valence-corrected chi connectivity index (χ2v) is 6.94. The molecule has 1 aromatic carbocycles. The van der Waals surface area contributed by atoms with Crippen molar-refractivity contribution in [3.63, 3.8) is 0 Å². The smallest absolute Gasteiger partial charge is 0.264 e. The lowest BCUT2D eigenvalue weighted by atomic mass is 10.2. The zero-order valence-corrected chi connectivity index (χ0v) is 15.7. The lowest BCUT2D eigenvalue weighted by Crippen LogP contribution is -2.47. The maximum Gasteiger partial charge on any atom is 0.264 e. The van der Waals surface area contributed by atoms with Crippen LogP contribution in [0.1, 0.15) is 5.76 Å². The van der Waals surface area contributed by atoms with E-state index in [4.69, 9.17) is 27.6 Å². The SMILES string of the molecule is CN1CCN(C(=O)/C(C#N)=C/c2ccc(-c3cc(Cl)ccc3Cl)o2)CC1. The number of hydrogen-bond acceptors (Lipinski definition) is 4. The Balaban J connectivity index is 1.82. The number of hydrogen-bond donors (Lipinski definition) is 0. The Labute approximate surface area is 162 Å². The van der Waals surface area contributed by atoms with E-state index in [-0.39, 0.29) is 11.5 Å². The van der Waals surface area contributed by atoms with Crippen LogP contribution in [0.5, 0.6) is 0 Å². The molecule has 0 spiro atoms. The average Bonchev–Trinajstić information content (AvgIpc) is 3.10. The van der Waals surface area contributed by atoms with Gasteiger partial charge in [0.25, 0.3) is 5.91 Å². The van der Waals surface area contributed by atoms with Crippen molar-refractivity contribution in [1.29, 1.82) is 5.26 Å². The van der Waals surface area contributed by atoms with Crippen LogP contribution in [0.3, 0.4) is 0 Å². The van der Waals surface area contributed by atoms with Gasteiger partial charge in [0.2, 0.25) is 0 Å². The highest BCUT2D eigenvalue weighted by atomic mass is 35.5. The minimum absolute atomic E-state index is 0.0487. The molecule has 0 bridgehead atoms. The minimum Gasteiger partial charge on any atom is -0.457 e. The fourth-order valence-electron chi connectivity index (χ4n) is 2.73. The van der Waals surface area contributed by atoms with Crippen LogP contribution in [-0.2, 0) is 4.79 Å². The molecule has 2 heterocycles. The molecule has 26 heavy (non-hydrogen) atoms. The van der Waals surface area contributed by atoms with Crippen LogP contribution < -0.4 is 0 Å². The topological polar surface area (TPSA) is 60.5 Å². The monoisotopic (exact) mass is 389 g/mol. The predicted octanol–water partition coefficient (Wildman–Crippen LogP) is 3.93. The molecule has 3 rings (SSSR count). The molecule has 1 aliphatic rings. The number of benzene rings is 1. The standard InChI is InChI=1S/C19H17Cl2N3O2/c1-23-6-8-24(9-7-23)19(25)13(12-22)10-15-3-5-18(26-15)16-11-14(20)2-4-17(16)21/h2-5,10-11H,6-9H2,1H3/b13-10+. The van der Waals surface area contributed by atoms with Crippen LogP contribution in [0.25, 0.3) is 17.4 Å². The van der Waals surface area contributed by atoms with Crippen molar-refractivity contribution in [3.05, 3.63) is 51.7 Å². The molecule has 0 saturated carbocycles. The summed E-state index contributed by atoms with van der Waals surface area (Å²) in [5.41, 5.74) is 0.704. The molecule has 0 radical (unpaired) electrons. The first-order valence-corrected chi connectivity index (χ1v) is 8.88. The number of carbonyl (C=O) groups is 1. The fourth-order valence-corrected chi connectivity index (χ4v) is 3.11. The van der Waals surface area contributed by atoms with Crippen molar-refractivity contribution >= 4 is 35.2 Å². The average molecular weight is 390 g/mol. The molecule has 134 valence electrons. The highest BCUT2D eigenvalue weighted by Crippen LogP contribution is 2.32. The molecular weight excluding hydrogens is 373 g/mol. The van der Waals surface area contributed by atoms with Gasteiger partial charge in [-0.2, -0.15) is 5.26 Å². The zero-order valence-electron chi connectivity index (χ0n) is 14.2. The Hall–Kier alpha value is -2.26. The summed E-state index contributed by atoms with van der Waals surface area (Å²) in [6.45, 7) is 2.80. The maximum atomic E-state index is 12.6. The number of rotatable bonds is 3. The van der Waals surface area contributed by atoms with Crippen molar-refractivity contribution in [2.24, 2.45) is 0 Å². The second kappa shape index (κ2) is 7.96. The number of likely N-dealkylation sites (N-methyl/N-ethyl adjacent to an activating group) is 1. The van der Waals surface area contributed by atoms with E-state index < -0.39 is 0 Å². The molecular formula is C19H17Cl2N3O2. The highest BCUT2D eigenvalue weighted by Gasteiger charge is 2.22. The lowest BCUT2D eigenvalue weighted by molar-refractivity contribution is -0.128. The van der Waals surface area contributed by atoms with Crippen LogP contribution >= 0.6 is 23.2 Å². The van der Waals surface area contributed by atoms with Gasteiger partial charge in [-0.1, -0.05) is 23.2 Å². The Morgan fingerprint density at radius 1 is 1.19 bits per heavy atom. The fraction of sp³-hybridized carbons (Fsp3) is 0.263. The van der Waals surface area contributed by atoms with Crippen LogP contribution in [0.15, 0.2) is 40.3 Å². The van der Waals surface area contributed by atoms with Gasteiger partial charge in [0, 0.05) is 42.8 Å². The molecule has 0 atom stereocenters. The van der Waals surface area contributed by atoms with E-state index in [9.17, 15) is 10.1 Å². The number of furan rings is 1. The Morgan fingerprint density at radius 3 is 2.62 bits per heavy atom. The number of amides is 1. The van der Waals surface area contributed by atoms with Gasteiger partial charge in [-0.15, -0.1) is 0 Å². The van der Waals surface area contributed by atoms with Crippen molar-refractivity contribution in [2.75, 3.05) is 33.2 Å². The number of nitriles is 1. The van der Waals surface area contributed by atoms with Crippen LogP contribution in [0.4, 0.5) is 0 Å². The summed E-state index contributed by atoms with van der Waals surface area (Å²) >= 11 is 12.2. The first-order valence-electron chi connectivity index (χ1n) is 8.13. The maximum absolute atomic E-state index is 12.6. The summed E-state index contributed by atoms with van der Waals surface area (Å²) in [7, 11) is 2.01. The van der Waals surface area contributed by atoms with E-state index in [1.807, 2.05) is 13.1 Å². The van der Waals surface area contributed by atoms with Crippen molar-refractivity contribution in [1.82, 2.24) is 9.80 Å². The first kappa shape index (κ1) is 18.5. The highest BCUT2D eigenvalue weighted by molar-refractivity contribution is 6.35. The molecule has 1 fully saturated rings. The van der Waals surface area contributed by atoms with Gasteiger partial charge in [0.15, 0.2) is 0 Å². The third kappa shape index (κ3) is 4.10. The summed E-state index contributed by atoms with van der Waals surface area (Å²) in [5, 5.41) is 10.4. The van der Waals surface area contributed by atoms with Gasteiger partial charge in [0.1, 0.15) is 23.2 Å². The van der Waals surface area contributed by atoms with E-state index >= 15 is 0 Å².